The van der Waals surface area contributed by atoms with E-state index in [1.807, 2.05) is 33.3 Å². The molecule has 0 unspecified atom stereocenters. The third-order valence-electron chi connectivity index (χ3n) is 5.84. The Labute approximate surface area is 138 Å². The van der Waals surface area contributed by atoms with Crippen molar-refractivity contribution in [3.8, 4) is 0 Å². The molecule has 0 aromatic heterocycles. The zero-order chi connectivity index (χ0) is 16.2. The van der Waals surface area contributed by atoms with Gasteiger partial charge in [0.15, 0.2) is 0 Å². The normalized spacial score (nSPS) is 28.3. The molecule has 0 heterocycles. The Balaban J connectivity index is 0.000000410. The van der Waals surface area contributed by atoms with Crippen molar-refractivity contribution in [2.75, 3.05) is 0 Å². The number of rotatable bonds is 0. The summed E-state index contributed by atoms with van der Waals surface area (Å²) in [5.41, 5.74) is 7.41. The molecular weight excluding hydrogens is 264 g/mol. The van der Waals surface area contributed by atoms with Crippen molar-refractivity contribution in [3.63, 3.8) is 0 Å². The molecule has 122 valence electrons. The first kappa shape index (κ1) is 17.3. The molecule has 1 fully saturated rings. The van der Waals surface area contributed by atoms with Gasteiger partial charge in [-0.1, -0.05) is 70.9 Å². The molecule has 22 heavy (non-hydrogen) atoms. The lowest BCUT2D eigenvalue weighted by molar-refractivity contribution is 0.226. The molecular formula is C22H34. The van der Waals surface area contributed by atoms with E-state index in [9.17, 15) is 0 Å². The topological polar surface area (TPSA) is 0 Å². The van der Waals surface area contributed by atoms with Crippen LogP contribution in [0.15, 0.2) is 29.8 Å². The maximum atomic E-state index is 2.55. The summed E-state index contributed by atoms with van der Waals surface area (Å²) in [6, 6.07) is 9.12. The Kier molecular flexibility index (Phi) is 5.89. The summed E-state index contributed by atoms with van der Waals surface area (Å²) in [5.74, 6) is 0.912. The number of allylic oxidation sites excluding steroid dienone is 2. The predicted octanol–water partition coefficient (Wildman–Crippen LogP) is 7.04. The van der Waals surface area contributed by atoms with Gasteiger partial charge in [0.2, 0.25) is 0 Å². The van der Waals surface area contributed by atoms with E-state index >= 15 is 0 Å². The molecule has 0 bridgehead atoms. The van der Waals surface area contributed by atoms with Crippen LogP contribution in [0.1, 0.15) is 84.3 Å². The summed E-state index contributed by atoms with van der Waals surface area (Å²) in [6.07, 6.45) is 9.76. The second kappa shape index (κ2) is 7.49. The minimum Gasteiger partial charge on any atom is -0.0683 e. The quantitative estimate of drug-likeness (QED) is 0.482. The van der Waals surface area contributed by atoms with Crippen LogP contribution in [0.25, 0.3) is 5.57 Å². The second-order valence-electron chi connectivity index (χ2n) is 6.76. The van der Waals surface area contributed by atoms with Crippen molar-refractivity contribution in [1.82, 2.24) is 0 Å². The Hall–Kier alpha value is -1.04. The Morgan fingerprint density at radius 3 is 2.41 bits per heavy atom. The molecule has 3 aliphatic rings. The molecule has 0 saturated heterocycles. The fourth-order valence-corrected chi connectivity index (χ4v) is 4.84. The van der Waals surface area contributed by atoms with Gasteiger partial charge in [-0.25, -0.2) is 0 Å². The smallest absolute Gasteiger partial charge is 0.0143 e. The highest BCUT2D eigenvalue weighted by Crippen LogP contribution is 2.57. The van der Waals surface area contributed by atoms with Crippen LogP contribution in [0.2, 0.25) is 0 Å². The Morgan fingerprint density at radius 1 is 0.909 bits per heavy atom. The Bertz CT molecular complexity index is 523. The summed E-state index contributed by atoms with van der Waals surface area (Å²) < 4.78 is 0. The molecule has 0 aliphatic heterocycles. The third-order valence-corrected chi connectivity index (χ3v) is 5.84. The van der Waals surface area contributed by atoms with Gasteiger partial charge in [-0.05, 0) is 66.6 Å². The SMILES string of the molecule is CC.CC.C[C@]12CCC[C@@H]1C1=C(CC2)c2ccccc2CC1. The molecule has 0 amide bonds. The first-order valence-corrected chi connectivity index (χ1v) is 9.58. The lowest BCUT2D eigenvalue weighted by Crippen LogP contribution is -2.29. The number of fused-ring (bicyclic) bond motifs is 4. The minimum absolute atomic E-state index is 0.644. The fraction of sp³-hybridized carbons (Fsp3) is 0.636. The van der Waals surface area contributed by atoms with Gasteiger partial charge in [0.05, 0.1) is 0 Å². The summed E-state index contributed by atoms with van der Waals surface area (Å²) in [4.78, 5) is 0. The molecule has 1 aromatic rings. The van der Waals surface area contributed by atoms with Gasteiger partial charge >= 0.3 is 0 Å². The second-order valence-corrected chi connectivity index (χ2v) is 6.76. The predicted molar refractivity (Wildman–Crippen MR) is 99.1 cm³/mol. The maximum Gasteiger partial charge on any atom is -0.0143 e. The first-order valence-electron chi connectivity index (χ1n) is 9.58. The summed E-state index contributed by atoms with van der Waals surface area (Å²) in [6.45, 7) is 10.6. The molecule has 1 aromatic carbocycles. The average molecular weight is 299 g/mol. The largest absolute Gasteiger partial charge is 0.0683 e. The highest BCUT2D eigenvalue weighted by Gasteiger charge is 2.44. The van der Waals surface area contributed by atoms with Crippen molar-refractivity contribution in [3.05, 3.63) is 41.0 Å². The minimum atomic E-state index is 0.644. The van der Waals surface area contributed by atoms with E-state index in [0.29, 0.717) is 5.41 Å². The summed E-state index contributed by atoms with van der Waals surface area (Å²) in [7, 11) is 0. The molecule has 3 aliphatic carbocycles. The lowest BCUT2D eigenvalue weighted by atomic mass is 9.63. The van der Waals surface area contributed by atoms with E-state index in [-0.39, 0.29) is 0 Å². The van der Waals surface area contributed by atoms with E-state index in [0.717, 1.165) is 5.92 Å². The third kappa shape index (κ3) is 2.90. The molecule has 0 nitrogen and oxygen atoms in total. The van der Waals surface area contributed by atoms with Crippen LogP contribution in [0.3, 0.4) is 0 Å². The maximum absolute atomic E-state index is 2.55. The fourth-order valence-electron chi connectivity index (χ4n) is 4.84. The summed E-state index contributed by atoms with van der Waals surface area (Å²) >= 11 is 0. The number of hydrogen-bond acceptors (Lipinski definition) is 0. The van der Waals surface area contributed by atoms with Gasteiger partial charge in [-0.15, -0.1) is 0 Å². The Morgan fingerprint density at radius 2 is 1.64 bits per heavy atom. The monoisotopic (exact) mass is 298 g/mol. The van der Waals surface area contributed by atoms with Gasteiger partial charge in [-0.2, -0.15) is 0 Å². The van der Waals surface area contributed by atoms with Gasteiger partial charge in [0, 0.05) is 0 Å². The number of benzene rings is 1. The van der Waals surface area contributed by atoms with E-state index in [2.05, 4.69) is 31.2 Å². The first-order chi connectivity index (χ1) is 10.8. The molecule has 0 radical (unpaired) electrons. The zero-order valence-electron chi connectivity index (χ0n) is 15.3. The molecule has 2 atom stereocenters. The van der Waals surface area contributed by atoms with Crippen molar-refractivity contribution < 1.29 is 0 Å². The van der Waals surface area contributed by atoms with Crippen molar-refractivity contribution in [2.45, 2.75) is 79.6 Å². The summed E-state index contributed by atoms with van der Waals surface area (Å²) in [5, 5.41) is 0. The van der Waals surface area contributed by atoms with E-state index in [1.54, 1.807) is 16.7 Å². The molecule has 1 saturated carbocycles. The van der Waals surface area contributed by atoms with Crippen LogP contribution in [0.5, 0.6) is 0 Å². The highest BCUT2D eigenvalue weighted by molar-refractivity contribution is 5.74. The van der Waals surface area contributed by atoms with Crippen LogP contribution in [0.4, 0.5) is 0 Å². The van der Waals surface area contributed by atoms with Crippen LogP contribution in [-0.2, 0) is 6.42 Å². The van der Waals surface area contributed by atoms with Crippen LogP contribution in [0, 0.1) is 11.3 Å². The van der Waals surface area contributed by atoms with Gasteiger partial charge in [0.25, 0.3) is 0 Å². The molecule has 0 spiro atoms. The van der Waals surface area contributed by atoms with Crippen molar-refractivity contribution in [2.24, 2.45) is 11.3 Å². The van der Waals surface area contributed by atoms with Gasteiger partial charge in [-0.3, -0.25) is 0 Å². The van der Waals surface area contributed by atoms with Crippen LogP contribution >= 0.6 is 0 Å². The zero-order valence-corrected chi connectivity index (χ0v) is 15.3. The van der Waals surface area contributed by atoms with Crippen molar-refractivity contribution >= 4 is 5.57 Å². The molecule has 0 heteroatoms. The van der Waals surface area contributed by atoms with E-state index < -0.39 is 0 Å². The lowest BCUT2D eigenvalue weighted by Gasteiger charge is -2.42. The van der Waals surface area contributed by atoms with E-state index in [1.165, 1.54) is 44.9 Å². The number of aryl methyl sites for hydroxylation is 1. The highest BCUT2D eigenvalue weighted by atomic mass is 14.5. The molecule has 4 rings (SSSR count). The molecule has 0 N–H and O–H groups in total. The van der Waals surface area contributed by atoms with Gasteiger partial charge in [0.1, 0.15) is 0 Å². The van der Waals surface area contributed by atoms with E-state index in [4.69, 9.17) is 0 Å². The number of hydrogen-bond donors (Lipinski definition) is 0. The van der Waals surface area contributed by atoms with Crippen LogP contribution < -0.4 is 0 Å². The average Bonchev–Trinajstić information content (AvgIpc) is 3.00. The standard InChI is InChI=1S/C18H22.2C2H6/c1-18-11-4-7-17(18)16-9-8-13-5-2-3-6-14(13)15(16)10-12-18;2*1-2/h2-3,5-6,17H,4,7-12H2,1H3;2*1-2H3/t17-,18-;;/m1../s1. The van der Waals surface area contributed by atoms with Crippen molar-refractivity contribution in [1.29, 1.82) is 0 Å². The van der Waals surface area contributed by atoms with Gasteiger partial charge < -0.3 is 0 Å². The van der Waals surface area contributed by atoms with Crippen LogP contribution in [-0.4, -0.2) is 0 Å².